The van der Waals surface area contributed by atoms with Gasteiger partial charge in [-0.1, -0.05) is 36.4 Å². The average Bonchev–Trinajstić information content (AvgIpc) is 2.65. The molecule has 2 aromatic rings. The average molecular weight is 346 g/mol. The zero-order valence-electron chi connectivity index (χ0n) is 15.7. The fourth-order valence-corrected chi connectivity index (χ4v) is 3.29. The maximum atomic E-state index is 4.32. The van der Waals surface area contributed by atoms with Crippen molar-refractivity contribution < 1.29 is 0 Å². The van der Waals surface area contributed by atoms with E-state index in [0.717, 1.165) is 17.7 Å². The van der Waals surface area contributed by atoms with Gasteiger partial charge in [0, 0.05) is 24.1 Å². The second-order valence-electron chi connectivity index (χ2n) is 6.80. The van der Waals surface area contributed by atoms with Gasteiger partial charge in [0.15, 0.2) is 0 Å². The highest BCUT2D eigenvalue weighted by Gasteiger charge is 2.26. The molecule has 1 aromatic carbocycles. The van der Waals surface area contributed by atoms with Crippen LogP contribution in [0.15, 0.2) is 71.7 Å². The molecule has 1 aliphatic rings. The SMILES string of the molecule is C=C(N/N=C/c1ccncc1)C1CC(c2ccccc2C)=C(C)C(C)N1. The smallest absolute Gasteiger partial charge is 0.0545 e. The van der Waals surface area contributed by atoms with E-state index in [1.54, 1.807) is 18.6 Å². The quantitative estimate of drug-likeness (QED) is 0.634. The van der Waals surface area contributed by atoms with E-state index in [0.29, 0.717) is 6.04 Å². The minimum atomic E-state index is 0.137. The number of rotatable bonds is 5. The van der Waals surface area contributed by atoms with Gasteiger partial charge in [-0.15, -0.1) is 0 Å². The summed E-state index contributed by atoms with van der Waals surface area (Å²) in [6, 6.07) is 12.8. The first kappa shape index (κ1) is 18.1. The zero-order valence-corrected chi connectivity index (χ0v) is 15.7. The molecular formula is C22H26N4. The molecule has 134 valence electrons. The van der Waals surface area contributed by atoms with Crippen molar-refractivity contribution in [3.8, 4) is 0 Å². The molecule has 2 heterocycles. The summed E-state index contributed by atoms with van der Waals surface area (Å²) in [7, 11) is 0. The van der Waals surface area contributed by atoms with Gasteiger partial charge in [0.2, 0.25) is 0 Å². The normalized spacial score (nSPS) is 20.4. The second-order valence-corrected chi connectivity index (χ2v) is 6.80. The zero-order chi connectivity index (χ0) is 18.5. The summed E-state index contributed by atoms with van der Waals surface area (Å²) in [6.07, 6.45) is 6.19. The Hall–Kier alpha value is -2.72. The Bertz CT molecular complexity index is 836. The minimum Gasteiger partial charge on any atom is -0.302 e. The Morgan fingerprint density at radius 3 is 2.69 bits per heavy atom. The van der Waals surface area contributed by atoms with Gasteiger partial charge in [0.05, 0.1) is 12.3 Å². The summed E-state index contributed by atoms with van der Waals surface area (Å²) in [5, 5.41) is 7.95. The largest absolute Gasteiger partial charge is 0.302 e. The monoisotopic (exact) mass is 346 g/mol. The van der Waals surface area contributed by atoms with Crippen LogP contribution in [0.3, 0.4) is 0 Å². The molecule has 2 N–H and O–H groups in total. The molecule has 2 unspecified atom stereocenters. The molecule has 0 saturated heterocycles. The highest BCUT2D eigenvalue weighted by atomic mass is 15.3. The highest BCUT2D eigenvalue weighted by Crippen LogP contribution is 2.32. The Morgan fingerprint density at radius 2 is 1.96 bits per heavy atom. The van der Waals surface area contributed by atoms with Crippen molar-refractivity contribution in [3.63, 3.8) is 0 Å². The molecule has 4 nitrogen and oxygen atoms in total. The van der Waals surface area contributed by atoms with E-state index in [4.69, 9.17) is 0 Å². The van der Waals surface area contributed by atoms with Crippen LogP contribution in [-0.2, 0) is 0 Å². The first-order valence-electron chi connectivity index (χ1n) is 8.96. The predicted molar refractivity (Wildman–Crippen MR) is 109 cm³/mol. The number of pyridine rings is 1. The van der Waals surface area contributed by atoms with E-state index in [1.165, 1.54) is 22.3 Å². The number of nitrogens with zero attached hydrogens (tertiary/aromatic N) is 2. The topological polar surface area (TPSA) is 49.3 Å². The van der Waals surface area contributed by atoms with E-state index in [-0.39, 0.29) is 6.04 Å². The molecule has 0 bridgehead atoms. The van der Waals surface area contributed by atoms with Crippen molar-refractivity contribution >= 4 is 11.8 Å². The lowest BCUT2D eigenvalue weighted by atomic mass is 9.85. The van der Waals surface area contributed by atoms with Gasteiger partial charge in [-0.3, -0.25) is 10.4 Å². The van der Waals surface area contributed by atoms with Gasteiger partial charge in [0.25, 0.3) is 0 Å². The van der Waals surface area contributed by atoms with Gasteiger partial charge in [-0.05, 0) is 61.6 Å². The Kier molecular flexibility index (Phi) is 5.64. The van der Waals surface area contributed by atoms with Crippen LogP contribution < -0.4 is 10.7 Å². The second kappa shape index (κ2) is 8.11. The van der Waals surface area contributed by atoms with Crippen molar-refractivity contribution in [2.75, 3.05) is 0 Å². The molecular weight excluding hydrogens is 320 g/mol. The number of aromatic nitrogens is 1. The maximum absolute atomic E-state index is 4.32. The van der Waals surface area contributed by atoms with Gasteiger partial charge < -0.3 is 5.32 Å². The molecule has 3 rings (SSSR count). The lowest BCUT2D eigenvalue weighted by Gasteiger charge is -2.33. The Labute approximate surface area is 155 Å². The predicted octanol–water partition coefficient (Wildman–Crippen LogP) is 4.05. The molecule has 0 aliphatic carbocycles. The summed E-state index contributed by atoms with van der Waals surface area (Å²) in [5.41, 5.74) is 10.4. The van der Waals surface area contributed by atoms with Crippen molar-refractivity contribution in [2.24, 2.45) is 5.10 Å². The van der Waals surface area contributed by atoms with E-state index < -0.39 is 0 Å². The fourth-order valence-electron chi connectivity index (χ4n) is 3.29. The number of hydrazone groups is 1. The van der Waals surface area contributed by atoms with Crippen LogP contribution in [0.4, 0.5) is 0 Å². The number of aryl methyl sites for hydroxylation is 1. The fraction of sp³-hybridized carbons (Fsp3) is 0.273. The minimum absolute atomic E-state index is 0.137. The van der Waals surface area contributed by atoms with Crippen molar-refractivity contribution in [1.82, 2.24) is 15.7 Å². The van der Waals surface area contributed by atoms with Crippen LogP contribution >= 0.6 is 0 Å². The third kappa shape index (κ3) is 4.09. The van der Waals surface area contributed by atoms with Crippen LogP contribution in [0.5, 0.6) is 0 Å². The Balaban J connectivity index is 1.73. The van der Waals surface area contributed by atoms with Gasteiger partial charge in [-0.2, -0.15) is 5.10 Å². The summed E-state index contributed by atoms with van der Waals surface area (Å²) in [5.74, 6) is 0. The standard InChI is InChI=1S/C22H26N4/c1-15-7-5-6-8-20(15)21-13-22(25-17(3)16(21)2)18(4)26-24-14-19-9-11-23-12-10-19/h5-12,14,17,22,25-26H,4,13H2,1-3H3/b24-14+. The first-order chi connectivity index (χ1) is 12.6. The van der Waals surface area contributed by atoms with Crippen LogP contribution in [0.25, 0.3) is 5.57 Å². The summed E-state index contributed by atoms with van der Waals surface area (Å²) < 4.78 is 0. The summed E-state index contributed by atoms with van der Waals surface area (Å²) in [6.45, 7) is 10.8. The molecule has 2 atom stereocenters. The van der Waals surface area contributed by atoms with Crippen LogP contribution in [0.2, 0.25) is 0 Å². The summed E-state index contributed by atoms with van der Waals surface area (Å²) >= 11 is 0. The molecule has 0 saturated carbocycles. The van der Waals surface area contributed by atoms with Crippen molar-refractivity contribution in [1.29, 1.82) is 0 Å². The molecule has 1 aliphatic heterocycles. The lowest BCUT2D eigenvalue weighted by Crippen LogP contribution is -2.44. The van der Waals surface area contributed by atoms with Gasteiger partial charge >= 0.3 is 0 Å². The third-order valence-corrected chi connectivity index (χ3v) is 5.00. The van der Waals surface area contributed by atoms with E-state index in [2.05, 4.69) is 72.4 Å². The van der Waals surface area contributed by atoms with Crippen LogP contribution in [0.1, 0.15) is 37.0 Å². The lowest BCUT2D eigenvalue weighted by molar-refractivity contribution is 0.486. The van der Waals surface area contributed by atoms with E-state index in [1.807, 2.05) is 12.1 Å². The van der Waals surface area contributed by atoms with Crippen LogP contribution in [-0.4, -0.2) is 23.3 Å². The first-order valence-corrected chi connectivity index (χ1v) is 8.96. The molecule has 4 heteroatoms. The third-order valence-electron chi connectivity index (χ3n) is 5.00. The van der Waals surface area contributed by atoms with E-state index >= 15 is 0 Å². The molecule has 0 radical (unpaired) electrons. The number of hydrogen-bond acceptors (Lipinski definition) is 4. The van der Waals surface area contributed by atoms with E-state index in [9.17, 15) is 0 Å². The maximum Gasteiger partial charge on any atom is 0.0545 e. The van der Waals surface area contributed by atoms with Gasteiger partial charge in [0.1, 0.15) is 0 Å². The van der Waals surface area contributed by atoms with Gasteiger partial charge in [-0.25, -0.2) is 0 Å². The molecule has 0 spiro atoms. The molecule has 0 fully saturated rings. The number of nitrogens with one attached hydrogen (secondary N) is 2. The summed E-state index contributed by atoms with van der Waals surface area (Å²) in [4.78, 5) is 4.01. The molecule has 1 aromatic heterocycles. The number of hydrogen-bond donors (Lipinski definition) is 2. The Morgan fingerprint density at radius 1 is 1.23 bits per heavy atom. The molecule has 0 amide bonds. The molecule has 26 heavy (non-hydrogen) atoms. The number of benzene rings is 1. The van der Waals surface area contributed by atoms with Crippen molar-refractivity contribution in [2.45, 2.75) is 39.3 Å². The van der Waals surface area contributed by atoms with Crippen LogP contribution in [0, 0.1) is 6.92 Å². The highest BCUT2D eigenvalue weighted by molar-refractivity contribution is 5.79. The van der Waals surface area contributed by atoms with Crippen molar-refractivity contribution in [3.05, 3.63) is 83.3 Å².